The number of tetrazole rings is 1. The maximum absolute atomic E-state index is 12.9. The first-order valence-corrected chi connectivity index (χ1v) is 9.31. The number of hydrogen-bond donors (Lipinski definition) is 1. The lowest BCUT2D eigenvalue weighted by atomic mass is 10.1. The quantitative estimate of drug-likeness (QED) is 0.530. The highest BCUT2D eigenvalue weighted by Crippen LogP contribution is 2.13. The van der Waals surface area contributed by atoms with Crippen LogP contribution in [0.5, 0.6) is 0 Å². The molecule has 0 spiro atoms. The number of aromatic amines is 1. The third kappa shape index (κ3) is 3.49. The number of fused-ring (bicyclic) bond motifs is 1. The fraction of sp³-hybridized carbons (Fsp3) is 0.278. The van der Waals surface area contributed by atoms with Crippen molar-refractivity contribution in [1.82, 2.24) is 50.1 Å². The molecule has 1 amide bonds. The van der Waals surface area contributed by atoms with Crippen LogP contribution >= 0.6 is 0 Å². The average Bonchev–Trinajstić information content (AvgIpc) is 3.48. The Balaban J connectivity index is 1.26. The first-order valence-electron chi connectivity index (χ1n) is 9.31. The van der Waals surface area contributed by atoms with Crippen LogP contribution in [0, 0.1) is 0 Å². The van der Waals surface area contributed by atoms with E-state index in [9.17, 15) is 4.79 Å². The molecule has 0 unspecified atom stereocenters. The van der Waals surface area contributed by atoms with Crippen LogP contribution in [0.4, 0.5) is 0 Å². The summed E-state index contributed by atoms with van der Waals surface area (Å²) >= 11 is 0. The van der Waals surface area contributed by atoms with E-state index in [2.05, 4.69) is 47.9 Å². The lowest BCUT2D eigenvalue weighted by Gasteiger charge is -2.18. The topological polar surface area (TPSA) is 123 Å². The molecule has 0 aliphatic carbocycles. The number of amides is 1. The van der Waals surface area contributed by atoms with Gasteiger partial charge in [-0.2, -0.15) is 14.9 Å². The predicted molar refractivity (Wildman–Crippen MR) is 100 cm³/mol. The Morgan fingerprint density at radius 1 is 1.14 bits per heavy atom. The summed E-state index contributed by atoms with van der Waals surface area (Å²) < 4.78 is 3.30. The second kappa shape index (κ2) is 7.26. The van der Waals surface area contributed by atoms with Crippen LogP contribution in [0.15, 0.2) is 42.7 Å². The Morgan fingerprint density at radius 3 is 2.86 bits per heavy atom. The van der Waals surface area contributed by atoms with Crippen LogP contribution in [-0.4, -0.2) is 69.1 Å². The van der Waals surface area contributed by atoms with Gasteiger partial charge in [-0.3, -0.25) is 9.89 Å². The third-order valence-corrected chi connectivity index (χ3v) is 4.85. The molecule has 146 valence electrons. The number of carbonyl (C=O) groups is 1. The molecule has 11 nitrogen and oxygen atoms in total. The van der Waals surface area contributed by atoms with Crippen LogP contribution in [0.25, 0.3) is 5.82 Å². The number of hydrogen-bond acceptors (Lipinski definition) is 7. The van der Waals surface area contributed by atoms with Crippen molar-refractivity contribution in [3.63, 3.8) is 0 Å². The number of H-pyrrole nitrogens is 1. The van der Waals surface area contributed by atoms with E-state index in [0.29, 0.717) is 44.0 Å². The zero-order valence-electron chi connectivity index (χ0n) is 15.5. The minimum Gasteiger partial charge on any atom is -0.335 e. The lowest BCUT2D eigenvalue weighted by Crippen LogP contribution is -2.34. The highest BCUT2D eigenvalue weighted by molar-refractivity contribution is 5.92. The summed E-state index contributed by atoms with van der Waals surface area (Å²) in [6, 6.07) is 11.8. The minimum absolute atomic E-state index is 0.118. The van der Waals surface area contributed by atoms with Gasteiger partial charge < -0.3 is 4.90 Å². The Kier molecular flexibility index (Phi) is 4.31. The molecule has 0 saturated carbocycles. The van der Waals surface area contributed by atoms with Crippen molar-refractivity contribution in [3.05, 3.63) is 65.6 Å². The molecule has 0 bridgehead atoms. The van der Waals surface area contributed by atoms with Crippen molar-refractivity contribution >= 4 is 5.91 Å². The van der Waals surface area contributed by atoms with Gasteiger partial charge in [0.2, 0.25) is 0 Å². The number of benzene rings is 1. The van der Waals surface area contributed by atoms with E-state index in [0.717, 1.165) is 11.6 Å². The fourth-order valence-corrected chi connectivity index (χ4v) is 3.38. The largest absolute Gasteiger partial charge is 0.335 e. The van der Waals surface area contributed by atoms with Crippen molar-refractivity contribution in [2.24, 2.45) is 0 Å². The summed E-state index contributed by atoms with van der Waals surface area (Å²) in [6.45, 7) is 1.73. The monoisotopic (exact) mass is 390 g/mol. The van der Waals surface area contributed by atoms with Crippen molar-refractivity contribution in [2.75, 3.05) is 13.1 Å². The fourth-order valence-electron chi connectivity index (χ4n) is 3.38. The van der Waals surface area contributed by atoms with Gasteiger partial charge in [0.05, 0.1) is 6.54 Å². The van der Waals surface area contributed by atoms with Gasteiger partial charge >= 0.3 is 0 Å². The highest BCUT2D eigenvalue weighted by Gasteiger charge is 2.23. The molecular formula is C18H18N10O. The molecule has 1 N–H and O–H groups in total. The number of aromatic nitrogens is 9. The molecule has 1 aromatic carbocycles. The molecule has 1 aliphatic heterocycles. The number of rotatable bonds is 4. The van der Waals surface area contributed by atoms with Gasteiger partial charge in [-0.25, -0.2) is 9.67 Å². The van der Waals surface area contributed by atoms with Gasteiger partial charge in [0, 0.05) is 32.0 Å². The summed E-state index contributed by atoms with van der Waals surface area (Å²) in [5.41, 5.74) is 1.58. The van der Waals surface area contributed by atoms with E-state index in [1.165, 1.54) is 16.6 Å². The Hall–Kier alpha value is -3.89. The zero-order valence-corrected chi connectivity index (χ0v) is 15.5. The maximum atomic E-state index is 12.9. The summed E-state index contributed by atoms with van der Waals surface area (Å²) in [6.07, 6.45) is 2.78. The predicted octanol–water partition coefficient (Wildman–Crippen LogP) is 0.266. The molecule has 0 atom stereocenters. The summed E-state index contributed by atoms with van der Waals surface area (Å²) in [4.78, 5) is 19.3. The van der Waals surface area contributed by atoms with E-state index >= 15 is 0 Å². The highest BCUT2D eigenvalue weighted by atomic mass is 16.2. The van der Waals surface area contributed by atoms with Crippen LogP contribution in [0.3, 0.4) is 0 Å². The zero-order chi connectivity index (χ0) is 19.6. The smallest absolute Gasteiger partial charge is 0.272 e. The molecule has 0 fully saturated rings. The summed E-state index contributed by atoms with van der Waals surface area (Å²) in [5, 5.41) is 22.4. The van der Waals surface area contributed by atoms with Crippen LogP contribution in [0.1, 0.15) is 27.7 Å². The first kappa shape index (κ1) is 17.2. The van der Waals surface area contributed by atoms with Gasteiger partial charge in [0.25, 0.3) is 5.91 Å². The minimum atomic E-state index is -0.118. The van der Waals surface area contributed by atoms with Crippen LogP contribution < -0.4 is 0 Å². The van der Waals surface area contributed by atoms with Gasteiger partial charge in [-0.1, -0.05) is 30.3 Å². The van der Waals surface area contributed by atoms with Crippen molar-refractivity contribution in [1.29, 1.82) is 0 Å². The van der Waals surface area contributed by atoms with Crippen molar-refractivity contribution in [2.45, 2.75) is 19.4 Å². The Morgan fingerprint density at radius 2 is 2.03 bits per heavy atom. The third-order valence-electron chi connectivity index (χ3n) is 4.85. The summed E-state index contributed by atoms with van der Waals surface area (Å²) in [5.74, 6) is 2.07. The van der Waals surface area contributed by atoms with Crippen molar-refractivity contribution < 1.29 is 4.79 Å². The lowest BCUT2D eigenvalue weighted by molar-refractivity contribution is 0.0752. The molecular weight excluding hydrogens is 372 g/mol. The molecule has 4 aromatic rings. The van der Waals surface area contributed by atoms with Gasteiger partial charge in [0.1, 0.15) is 17.8 Å². The molecule has 29 heavy (non-hydrogen) atoms. The van der Waals surface area contributed by atoms with Crippen molar-refractivity contribution in [3.8, 4) is 5.82 Å². The van der Waals surface area contributed by atoms with Crippen LogP contribution in [-0.2, 0) is 19.4 Å². The number of nitrogens with zero attached hydrogens (tertiary/aromatic N) is 9. The Bertz CT molecular complexity index is 1090. The van der Waals surface area contributed by atoms with E-state index in [1.54, 1.807) is 11.0 Å². The summed E-state index contributed by atoms with van der Waals surface area (Å²) in [7, 11) is 0. The SMILES string of the molecule is O=C(c1cc(-n2cnnn2)n[nH]1)N1CCc2nc(Cc3ccccc3)nn2CC1. The van der Waals surface area contributed by atoms with Crippen LogP contribution in [0.2, 0.25) is 0 Å². The molecule has 1 aliphatic rings. The standard InChI is InChI=1S/C18H18N10O/c29-18(14-11-17(22-21-14)28-12-19-24-25-28)26-7-6-16-20-15(23-27(16)9-8-26)10-13-4-2-1-3-5-13/h1-5,11-12H,6-10H2,(H,21,22). The van der Waals surface area contributed by atoms with Gasteiger partial charge in [-0.05, 0) is 16.0 Å². The molecule has 3 aromatic heterocycles. The molecule has 0 radical (unpaired) electrons. The molecule has 0 saturated heterocycles. The van der Waals surface area contributed by atoms with E-state index in [4.69, 9.17) is 0 Å². The number of nitrogens with one attached hydrogen (secondary N) is 1. The molecule has 5 rings (SSSR count). The number of carbonyl (C=O) groups excluding carboxylic acids is 1. The van der Waals surface area contributed by atoms with E-state index < -0.39 is 0 Å². The second-order valence-electron chi connectivity index (χ2n) is 6.77. The van der Waals surface area contributed by atoms with E-state index in [1.807, 2.05) is 22.9 Å². The van der Waals surface area contributed by atoms with Gasteiger partial charge in [0.15, 0.2) is 11.6 Å². The second-order valence-corrected chi connectivity index (χ2v) is 6.77. The maximum Gasteiger partial charge on any atom is 0.272 e. The van der Waals surface area contributed by atoms with Gasteiger partial charge in [-0.15, -0.1) is 5.10 Å². The Labute approximate surface area is 165 Å². The first-order chi connectivity index (χ1) is 14.3. The normalized spacial score (nSPS) is 13.9. The molecule has 4 heterocycles. The average molecular weight is 390 g/mol. The van der Waals surface area contributed by atoms with E-state index in [-0.39, 0.29) is 5.91 Å². The molecule has 11 heteroatoms.